The van der Waals surface area contributed by atoms with Crippen LogP contribution in [0, 0.1) is 22.7 Å². The zero-order valence-corrected chi connectivity index (χ0v) is 55.3. The molecule has 1 N–H and O–H groups in total. The van der Waals surface area contributed by atoms with Crippen LogP contribution in [0.5, 0.6) is 0 Å². The van der Waals surface area contributed by atoms with E-state index in [4.69, 9.17) is 19.9 Å². The Morgan fingerprint density at radius 3 is 1.20 bits per heavy atom. The Kier molecular flexibility index (Phi) is 17.8. The quantitative estimate of drug-likeness (QED) is 0.0627. The molecule has 8 nitrogen and oxygen atoms in total. The maximum atomic E-state index is 15.7. The molecule has 4 aromatic heterocycles. The minimum Gasteiger partial charge on any atom is -0.480 e. The molecule has 0 saturated heterocycles. The number of benzene rings is 6. The number of rotatable bonds is 19. The lowest BCUT2D eigenvalue weighted by atomic mass is 9.65. The van der Waals surface area contributed by atoms with Gasteiger partial charge in [-0.25, -0.2) is 19.9 Å². The molecule has 16 heteroatoms. The molecule has 0 spiro atoms. The fourth-order valence-electron chi connectivity index (χ4n) is 12.6. The van der Waals surface area contributed by atoms with Crippen molar-refractivity contribution in [2.24, 2.45) is 22.7 Å². The summed E-state index contributed by atoms with van der Waals surface area (Å²) < 4.78 is 86.0. The van der Waals surface area contributed by atoms with Crippen molar-refractivity contribution in [1.82, 2.24) is 19.9 Å². The summed E-state index contributed by atoms with van der Waals surface area (Å²) in [7, 11) is 0. The third-order valence-electron chi connectivity index (χ3n) is 18.1. The maximum absolute atomic E-state index is 15.7. The molecule has 1 unspecified atom stereocenters. The highest BCUT2D eigenvalue weighted by atomic mass is 32.1. The summed E-state index contributed by atoms with van der Waals surface area (Å²) in [5, 5.41) is 17.5. The first kappa shape index (κ1) is 66.2. The SMILES string of the molecule is CCC(CC)C(=O)CC(=O)C(CC)C(C(=O)O)(c1cc2nc(-c3ccc(CC(C)(C)C(F)(F)F)cc3)sc2c(-c2cc(C(C)(C)C)c3ccccc3c2)n1)c1cc2nc(-c3ccc(CC(C)(C)C(F)(F)F)cc3)sc2c(-c2cc(C(C)(C)C)c3ccccc3c2)n1. The van der Waals surface area contributed by atoms with Crippen molar-refractivity contribution in [2.75, 3.05) is 0 Å². The third kappa shape index (κ3) is 12.7. The molecule has 6 aromatic carbocycles. The summed E-state index contributed by atoms with van der Waals surface area (Å²) in [5.74, 6) is -4.35. The van der Waals surface area contributed by atoms with E-state index >= 15 is 9.59 Å². The van der Waals surface area contributed by atoms with Crippen molar-refractivity contribution in [3.8, 4) is 43.7 Å². The molecule has 0 amide bonds. The Balaban J connectivity index is 1.31. The number of Topliss-reactive ketones (excluding diaryl/α,β-unsaturated/α-hetero) is 2. The third-order valence-corrected chi connectivity index (χ3v) is 20.4. The van der Waals surface area contributed by atoms with Gasteiger partial charge in [-0.2, -0.15) is 26.3 Å². The number of alkyl halides is 6. The van der Waals surface area contributed by atoms with Crippen molar-refractivity contribution in [1.29, 1.82) is 0 Å². The first-order chi connectivity index (χ1) is 42.6. The number of pyridine rings is 2. The number of ketones is 2. The summed E-state index contributed by atoms with van der Waals surface area (Å²) in [6.07, 6.45) is -9.10. The van der Waals surface area contributed by atoms with Gasteiger partial charge in [-0.05, 0) is 123 Å². The molecule has 1 atom stereocenters. The second kappa shape index (κ2) is 24.4. The molecule has 0 aliphatic rings. The maximum Gasteiger partial charge on any atom is 0.394 e. The van der Waals surface area contributed by atoms with E-state index in [9.17, 15) is 36.2 Å². The summed E-state index contributed by atoms with van der Waals surface area (Å²) >= 11 is 2.60. The van der Waals surface area contributed by atoms with E-state index in [1.807, 2.05) is 62.4 Å². The summed E-state index contributed by atoms with van der Waals surface area (Å²) in [5.41, 5.74) is -0.698. The molecule has 474 valence electrons. The standard InChI is InChI=1S/C75H76F6N4O4S2/c1-14-44(15-2)58(86)39-59(87)53(16-3)73(68(88)89,60-37-56-64(62(84-60)49-33-47-21-17-19-23-51(47)54(35-49)69(4,5)6)90-66(82-56)45-29-25-42(26-30-45)40-71(10,11)74(76,77)78)61-38-57-65(63(85-61)50-34-48-22-18-20-24-52(48)55(36-50)70(7,8)9)91-67(83-57)46-31-27-43(28-32-46)41-72(12,13)75(79,80)81/h17-38,44,53H,14-16,39-41H2,1-13H3,(H,88,89). The van der Waals surface area contributed by atoms with Gasteiger partial charge in [-0.1, -0.05) is 187 Å². The lowest BCUT2D eigenvalue weighted by Crippen LogP contribution is -2.49. The van der Waals surface area contributed by atoms with Gasteiger partial charge in [-0.15, -0.1) is 22.7 Å². The number of aliphatic carboxylic acids is 1. The van der Waals surface area contributed by atoms with Crippen LogP contribution in [-0.4, -0.2) is 54.9 Å². The van der Waals surface area contributed by atoms with Gasteiger partial charge in [-0.3, -0.25) is 14.4 Å². The fourth-order valence-corrected chi connectivity index (χ4v) is 14.7. The number of carboxylic acid groups (broad SMARTS) is 1. The van der Waals surface area contributed by atoms with Crippen LogP contribution in [-0.2, 0) is 43.5 Å². The fraction of sp³-hybridized carbons (Fsp3) is 0.373. The van der Waals surface area contributed by atoms with Crippen LogP contribution in [0.1, 0.15) is 149 Å². The van der Waals surface area contributed by atoms with E-state index in [2.05, 4.69) is 65.8 Å². The second-order valence-electron chi connectivity index (χ2n) is 27.6. The lowest BCUT2D eigenvalue weighted by Gasteiger charge is -2.36. The lowest BCUT2D eigenvalue weighted by molar-refractivity contribution is -0.211. The zero-order chi connectivity index (χ0) is 66.1. The number of carbonyl (C=O) groups is 3. The van der Waals surface area contributed by atoms with Gasteiger partial charge >= 0.3 is 18.3 Å². The molecule has 10 rings (SSSR count). The van der Waals surface area contributed by atoms with Gasteiger partial charge in [0.05, 0.1) is 60.5 Å². The monoisotopic (exact) mass is 1270 g/mol. The van der Waals surface area contributed by atoms with Crippen LogP contribution in [0.25, 0.3) is 85.6 Å². The number of carbonyl (C=O) groups excluding carboxylic acids is 2. The largest absolute Gasteiger partial charge is 0.480 e. The normalized spacial score (nSPS) is 13.5. The van der Waals surface area contributed by atoms with Crippen molar-refractivity contribution < 1.29 is 45.8 Å². The molecule has 0 fully saturated rings. The number of halogens is 6. The number of aromatic nitrogens is 4. The van der Waals surface area contributed by atoms with E-state index in [1.165, 1.54) is 50.4 Å². The predicted octanol–water partition coefficient (Wildman–Crippen LogP) is 20.9. The van der Waals surface area contributed by atoms with Gasteiger partial charge in [0.25, 0.3) is 0 Å². The van der Waals surface area contributed by atoms with Crippen LogP contribution >= 0.6 is 22.7 Å². The second-order valence-corrected chi connectivity index (χ2v) is 29.6. The number of carboxylic acids is 1. The van der Waals surface area contributed by atoms with Crippen molar-refractivity contribution in [2.45, 2.75) is 157 Å². The summed E-state index contributed by atoms with van der Waals surface area (Å²) in [4.78, 5) is 67.2. The van der Waals surface area contributed by atoms with E-state index < -0.39 is 69.4 Å². The molecule has 0 aliphatic heterocycles. The Morgan fingerprint density at radius 1 is 0.473 bits per heavy atom. The summed E-state index contributed by atoms with van der Waals surface area (Å²) in [6.45, 7) is 22.8. The Hall–Kier alpha value is -7.69. The van der Waals surface area contributed by atoms with Crippen LogP contribution in [0.2, 0.25) is 0 Å². The van der Waals surface area contributed by atoms with E-state index in [0.717, 1.165) is 32.7 Å². The minimum atomic E-state index is -4.44. The van der Waals surface area contributed by atoms with Crippen molar-refractivity contribution in [3.63, 3.8) is 0 Å². The molecular formula is C75H76F6N4O4S2. The van der Waals surface area contributed by atoms with Gasteiger partial charge < -0.3 is 5.11 Å². The van der Waals surface area contributed by atoms with Crippen LogP contribution < -0.4 is 0 Å². The topological polar surface area (TPSA) is 123 Å². The number of nitrogens with zero attached hydrogens (tertiary/aromatic N) is 4. The van der Waals surface area contributed by atoms with Crippen molar-refractivity contribution in [3.05, 3.63) is 167 Å². The average molecular weight is 1280 g/mol. The van der Waals surface area contributed by atoms with E-state index in [0.29, 0.717) is 88.1 Å². The highest BCUT2D eigenvalue weighted by Gasteiger charge is 2.55. The number of hydrogen-bond acceptors (Lipinski definition) is 9. The highest BCUT2D eigenvalue weighted by Crippen LogP contribution is 2.50. The van der Waals surface area contributed by atoms with Crippen LogP contribution in [0.15, 0.2) is 133 Å². The molecule has 10 aromatic rings. The molecule has 0 aliphatic carbocycles. The number of fused-ring (bicyclic) bond motifs is 4. The molecule has 4 heterocycles. The highest BCUT2D eigenvalue weighted by molar-refractivity contribution is 7.22. The van der Waals surface area contributed by atoms with E-state index in [-0.39, 0.29) is 36.4 Å². The molecule has 0 radical (unpaired) electrons. The minimum absolute atomic E-state index is 0.0794. The molecule has 0 bridgehead atoms. The summed E-state index contributed by atoms with van der Waals surface area (Å²) in [6, 6.07) is 40.8. The first-order valence-corrected chi connectivity index (χ1v) is 32.6. The van der Waals surface area contributed by atoms with Gasteiger partial charge in [0.15, 0.2) is 5.41 Å². The Morgan fingerprint density at radius 2 is 0.857 bits per heavy atom. The number of thiazole rings is 2. The molecular weight excluding hydrogens is 1200 g/mol. The first-order valence-electron chi connectivity index (χ1n) is 30.9. The Labute approximate surface area is 535 Å². The smallest absolute Gasteiger partial charge is 0.394 e. The zero-order valence-electron chi connectivity index (χ0n) is 53.6. The van der Waals surface area contributed by atoms with E-state index in [1.54, 1.807) is 67.6 Å². The van der Waals surface area contributed by atoms with Gasteiger partial charge in [0.2, 0.25) is 0 Å². The van der Waals surface area contributed by atoms with Crippen LogP contribution in [0.3, 0.4) is 0 Å². The van der Waals surface area contributed by atoms with Gasteiger partial charge in [0, 0.05) is 34.1 Å². The van der Waals surface area contributed by atoms with Crippen molar-refractivity contribution >= 4 is 82.2 Å². The predicted molar refractivity (Wildman–Crippen MR) is 357 cm³/mol. The Bertz CT molecular complexity index is 4180. The molecule has 91 heavy (non-hydrogen) atoms. The number of hydrogen-bond donors (Lipinski definition) is 1. The molecule has 0 saturated carbocycles. The van der Waals surface area contributed by atoms with Crippen LogP contribution in [0.4, 0.5) is 26.3 Å². The van der Waals surface area contributed by atoms with Gasteiger partial charge in [0.1, 0.15) is 21.6 Å². The average Bonchev–Trinajstić information content (AvgIpc) is 1.70.